The summed E-state index contributed by atoms with van der Waals surface area (Å²) in [5, 5.41) is 6.13. The maximum atomic E-state index is 12.5. The van der Waals surface area contributed by atoms with E-state index in [1.165, 1.54) is 5.56 Å². The Balaban J connectivity index is 1.53. The normalized spacial score (nSPS) is 10.4. The lowest BCUT2D eigenvalue weighted by Crippen LogP contribution is -2.27. The number of carbonyl (C=O) groups is 1. The Morgan fingerprint density at radius 1 is 0.931 bits per heavy atom. The summed E-state index contributed by atoms with van der Waals surface area (Å²) in [4.78, 5) is 21.2. The third-order valence-electron chi connectivity index (χ3n) is 4.46. The first-order chi connectivity index (χ1) is 14.1. The van der Waals surface area contributed by atoms with Gasteiger partial charge in [-0.25, -0.2) is 9.97 Å². The summed E-state index contributed by atoms with van der Waals surface area (Å²) in [5.74, 6) is 1.08. The van der Waals surface area contributed by atoms with Crippen LogP contribution in [-0.4, -0.2) is 36.1 Å². The summed E-state index contributed by atoms with van der Waals surface area (Å²) in [6.07, 6.45) is 1.58. The highest BCUT2D eigenvalue weighted by molar-refractivity contribution is 5.92. The molecule has 1 amide bonds. The van der Waals surface area contributed by atoms with Crippen LogP contribution in [0.2, 0.25) is 0 Å². The first-order valence-corrected chi connectivity index (χ1v) is 9.68. The molecular weight excluding hydrogens is 364 g/mol. The van der Waals surface area contributed by atoms with E-state index in [1.807, 2.05) is 49.4 Å². The Bertz CT molecular complexity index is 945. The van der Waals surface area contributed by atoms with Crippen LogP contribution in [0.1, 0.15) is 27.3 Å². The molecule has 0 atom stereocenters. The van der Waals surface area contributed by atoms with Crippen molar-refractivity contribution in [3.63, 3.8) is 0 Å². The van der Waals surface area contributed by atoms with Crippen molar-refractivity contribution < 1.29 is 9.53 Å². The van der Waals surface area contributed by atoms with E-state index in [4.69, 9.17) is 4.74 Å². The van der Waals surface area contributed by atoms with Crippen LogP contribution in [0.5, 0.6) is 5.75 Å². The van der Waals surface area contributed by atoms with Crippen LogP contribution >= 0.6 is 0 Å². The topological polar surface area (TPSA) is 76.1 Å². The van der Waals surface area contributed by atoms with Gasteiger partial charge >= 0.3 is 0 Å². The molecule has 0 bridgehead atoms. The number of hydrogen-bond acceptors (Lipinski definition) is 5. The smallest absolute Gasteiger partial charge is 0.270 e. The molecule has 0 saturated carbocycles. The van der Waals surface area contributed by atoms with E-state index in [0.29, 0.717) is 24.7 Å². The molecule has 6 nitrogen and oxygen atoms in total. The van der Waals surface area contributed by atoms with Crippen molar-refractivity contribution in [2.75, 3.05) is 25.5 Å². The highest BCUT2D eigenvalue weighted by Crippen LogP contribution is 2.12. The number of aromatic nitrogens is 2. The largest absolute Gasteiger partial charge is 0.497 e. The predicted molar refractivity (Wildman–Crippen MR) is 114 cm³/mol. The Kier molecular flexibility index (Phi) is 7.16. The molecule has 3 aromatic rings. The van der Waals surface area contributed by atoms with E-state index in [0.717, 1.165) is 29.8 Å². The summed E-state index contributed by atoms with van der Waals surface area (Å²) in [6.45, 7) is 3.08. The second-order valence-electron chi connectivity index (χ2n) is 6.74. The minimum Gasteiger partial charge on any atom is -0.497 e. The highest BCUT2D eigenvalue weighted by Gasteiger charge is 2.10. The third kappa shape index (κ3) is 6.31. The number of amides is 1. The Hall–Kier alpha value is -3.41. The second-order valence-corrected chi connectivity index (χ2v) is 6.74. The summed E-state index contributed by atoms with van der Waals surface area (Å²) in [7, 11) is 1.64. The molecule has 0 saturated heterocycles. The average molecular weight is 390 g/mol. The number of aryl methyl sites for hydroxylation is 1. The van der Waals surface area contributed by atoms with Gasteiger partial charge in [0.2, 0.25) is 5.95 Å². The fraction of sp³-hybridized carbons (Fsp3) is 0.261. The molecule has 6 heteroatoms. The zero-order valence-corrected chi connectivity index (χ0v) is 16.8. The number of carbonyl (C=O) groups excluding carboxylic acids is 1. The molecular formula is C23H26N4O2. The fourth-order valence-electron chi connectivity index (χ4n) is 2.97. The number of methoxy groups -OCH3 is 1. The number of ether oxygens (including phenoxy) is 1. The molecule has 2 aromatic carbocycles. The van der Waals surface area contributed by atoms with E-state index in [1.54, 1.807) is 13.2 Å². The molecule has 29 heavy (non-hydrogen) atoms. The van der Waals surface area contributed by atoms with Crippen molar-refractivity contribution in [1.82, 2.24) is 15.3 Å². The van der Waals surface area contributed by atoms with Gasteiger partial charge in [-0.1, -0.05) is 42.5 Å². The number of nitrogens with zero attached hydrogens (tertiary/aromatic N) is 2. The molecule has 150 valence electrons. The first-order valence-electron chi connectivity index (χ1n) is 9.68. The van der Waals surface area contributed by atoms with Crippen molar-refractivity contribution in [1.29, 1.82) is 0 Å². The van der Waals surface area contributed by atoms with Crippen LogP contribution in [0.15, 0.2) is 60.7 Å². The van der Waals surface area contributed by atoms with Gasteiger partial charge in [0.25, 0.3) is 5.91 Å². The van der Waals surface area contributed by atoms with Crippen LogP contribution in [0, 0.1) is 6.92 Å². The summed E-state index contributed by atoms with van der Waals surface area (Å²) < 4.78 is 5.23. The van der Waals surface area contributed by atoms with Crippen LogP contribution in [0.25, 0.3) is 0 Å². The Morgan fingerprint density at radius 3 is 2.48 bits per heavy atom. The van der Waals surface area contributed by atoms with E-state index < -0.39 is 0 Å². The molecule has 2 N–H and O–H groups in total. The quantitative estimate of drug-likeness (QED) is 0.585. The lowest BCUT2D eigenvalue weighted by atomic mass is 10.1. The van der Waals surface area contributed by atoms with Crippen molar-refractivity contribution in [2.24, 2.45) is 0 Å². The van der Waals surface area contributed by atoms with Crippen molar-refractivity contribution >= 4 is 11.9 Å². The number of benzene rings is 2. The summed E-state index contributed by atoms with van der Waals surface area (Å²) in [6, 6.07) is 19.7. The number of rotatable bonds is 9. The lowest BCUT2D eigenvalue weighted by molar-refractivity contribution is 0.0949. The van der Waals surface area contributed by atoms with E-state index >= 15 is 0 Å². The van der Waals surface area contributed by atoms with E-state index in [9.17, 15) is 4.79 Å². The molecule has 0 fully saturated rings. The highest BCUT2D eigenvalue weighted by atomic mass is 16.5. The molecule has 0 radical (unpaired) electrons. The third-order valence-corrected chi connectivity index (χ3v) is 4.46. The monoisotopic (exact) mass is 390 g/mol. The van der Waals surface area contributed by atoms with Gasteiger partial charge < -0.3 is 15.4 Å². The van der Waals surface area contributed by atoms with Gasteiger partial charge in [0.1, 0.15) is 11.4 Å². The molecule has 1 heterocycles. The van der Waals surface area contributed by atoms with E-state index in [-0.39, 0.29) is 5.91 Å². The van der Waals surface area contributed by atoms with Gasteiger partial charge in [0.05, 0.1) is 7.11 Å². The Labute approximate surface area is 171 Å². The molecule has 1 aromatic heterocycles. The van der Waals surface area contributed by atoms with Crippen LogP contribution in [0.3, 0.4) is 0 Å². The Morgan fingerprint density at radius 2 is 1.69 bits per heavy atom. The van der Waals surface area contributed by atoms with E-state index in [2.05, 4.69) is 32.7 Å². The van der Waals surface area contributed by atoms with Crippen LogP contribution < -0.4 is 15.4 Å². The van der Waals surface area contributed by atoms with Crippen LogP contribution in [0.4, 0.5) is 5.95 Å². The molecule has 0 aliphatic rings. The van der Waals surface area contributed by atoms with Gasteiger partial charge in [0, 0.05) is 18.8 Å². The number of hydrogen-bond donors (Lipinski definition) is 2. The van der Waals surface area contributed by atoms with Gasteiger partial charge in [0.15, 0.2) is 0 Å². The molecule has 3 rings (SSSR count). The minimum atomic E-state index is -0.204. The van der Waals surface area contributed by atoms with Crippen molar-refractivity contribution in [3.8, 4) is 5.75 Å². The molecule has 0 aliphatic heterocycles. The SMILES string of the molecule is COc1cccc(CCNC(=O)c2cc(C)nc(NCCc3ccccc3)n2)c1. The fourth-order valence-corrected chi connectivity index (χ4v) is 2.97. The van der Waals surface area contributed by atoms with Gasteiger partial charge in [-0.15, -0.1) is 0 Å². The average Bonchev–Trinajstić information content (AvgIpc) is 2.74. The van der Waals surface area contributed by atoms with Gasteiger partial charge in [-0.05, 0) is 49.1 Å². The maximum Gasteiger partial charge on any atom is 0.270 e. The first kappa shape index (κ1) is 20.3. The van der Waals surface area contributed by atoms with Crippen molar-refractivity contribution in [3.05, 3.63) is 83.2 Å². The molecule has 0 spiro atoms. The van der Waals surface area contributed by atoms with Crippen LogP contribution in [-0.2, 0) is 12.8 Å². The standard InChI is InChI=1S/C23H26N4O2/c1-17-15-21(22(28)24-13-12-19-9-6-10-20(16-19)29-2)27-23(26-17)25-14-11-18-7-4-3-5-8-18/h3-10,15-16H,11-14H2,1-2H3,(H,24,28)(H,25,26,27). The zero-order chi connectivity index (χ0) is 20.5. The van der Waals surface area contributed by atoms with Crippen molar-refractivity contribution in [2.45, 2.75) is 19.8 Å². The second kappa shape index (κ2) is 10.2. The zero-order valence-electron chi connectivity index (χ0n) is 16.8. The number of nitrogens with one attached hydrogen (secondary N) is 2. The van der Waals surface area contributed by atoms with Gasteiger partial charge in [-0.3, -0.25) is 4.79 Å². The lowest BCUT2D eigenvalue weighted by Gasteiger charge is -2.09. The molecule has 0 aliphatic carbocycles. The molecule has 0 unspecified atom stereocenters. The predicted octanol–water partition coefficient (Wildman–Crippen LogP) is 3.42. The summed E-state index contributed by atoms with van der Waals surface area (Å²) >= 11 is 0. The summed E-state index contributed by atoms with van der Waals surface area (Å²) in [5.41, 5.74) is 3.46. The van der Waals surface area contributed by atoms with Gasteiger partial charge in [-0.2, -0.15) is 0 Å². The minimum absolute atomic E-state index is 0.204. The maximum absolute atomic E-state index is 12.5. The number of anilines is 1.